The van der Waals surface area contributed by atoms with Crippen LogP contribution in [0.3, 0.4) is 0 Å². The SMILES string of the molecule is COC1CC2CC[NH+]3CC4C(CCC(OC)C4OC)CC3C2CC1OC. The Morgan fingerprint density at radius 1 is 0.654 bits per heavy atom. The number of fused-ring (bicyclic) bond motifs is 4. The van der Waals surface area contributed by atoms with E-state index in [4.69, 9.17) is 18.9 Å². The molecule has 26 heavy (non-hydrogen) atoms. The monoisotopic (exact) mass is 368 g/mol. The van der Waals surface area contributed by atoms with Crippen LogP contribution in [0.5, 0.6) is 0 Å². The third-order valence-electron chi connectivity index (χ3n) is 8.39. The smallest absolute Gasteiger partial charge is 0.0917 e. The molecule has 2 aliphatic carbocycles. The van der Waals surface area contributed by atoms with E-state index >= 15 is 0 Å². The van der Waals surface area contributed by atoms with Crippen LogP contribution < -0.4 is 4.90 Å². The van der Waals surface area contributed by atoms with E-state index in [2.05, 4.69) is 0 Å². The highest BCUT2D eigenvalue weighted by atomic mass is 16.5. The molecule has 4 rings (SSSR count). The number of hydrogen-bond acceptors (Lipinski definition) is 4. The number of nitrogens with one attached hydrogen (secondary N) is 1. The molecule has 150 valence electrons. The fourth-order valence-electron chi connectivity index (χ4n) is 7.10. The van der Waals surface area contributed by atoms with Crippen molar-refractivity contribution in [2.24, 2.45) is 23.7 Å². The fourth-order valence-corrected chi connectivity index (χ4v) is 7.10. The molecule has 2 saturated carbocycles. The van der Waals surface area contributed by atoms with Crippen LogP contribution in [0.4, 0.5) is 0 Å². The summed E-state index contributed by atoms with van der Waals surface area (Å²) in [5.41, 5.74) is 0. The van der Waals surface area contributed by atoms with Crippen molar-refractivity contribution in [1.82, 2.24) is 0 Å². The molecule has 10 unspecified atom stereocenters. The Bertz CT molecular complexity index is 473. The van der Waals surface area contributed by atoms with Crippen molar-refractivity contribution in [3.63, 3.8) is 0 Å². The van der Waals surface area contributed by atoms with Crippen molar-refractivity contribution in [2.45, 2.75) is 69.0 Å². The molecule has 1 N–H and O–H groups in total. The molecule has 0 aromatic heterocycles. The molecule has 5 heteroatoms. The molecule has 4 fully saturated rings. The number of ether oxygens (including phenoxy) is 4. The molecule has 0 aromatic carbocycles. The summed E-state index contributed by atoms with van der Waals surface area (Å²) in [7, 11) is 7.43. The van der Waals surface area contributed by atoms with Crippen molar-refractivity contribution in [3.8, 4) is 0 Å². The van der Waals surface area contributed by atoms with E-state index in [1.54, 1.807) is 0 Å². The standard InChI is InChI=1S/C21H37NO4/c1-23-18-6-5-13-9-17-15-11-20(25-3)19(24-2)10-14(15)7-8-22(17)12-16(13)21(18)26-4/h13-21H,5-12H2,1-4H3/p+1. The Kier molecular flexibility index (Phi) is 5.92. The first-order chi connectivity index (χ1) is 12.7. The van der Waals surface area contributed by atoms with Crippen molar-refractivity contribution >= 4 is 0 Å². The number of rotatable bonds is 4. The molecule has 2 aliphatic heterocycles. The van der Waals surface area contributed by atoms with Crippen LogP contribution in [0.15, 0.2) is 0 Å². The number of quaternary nitrogens is 1. The zero-order valence-electron chi connectivity index (χ0n) is 17.0. The lowest BCUT2D eigenvalue weighted by Crippen LogP contribution is -3.20. The third kappa shape index (κ3) is 3.24. The average molecular weight is 369 g/mol. The van der Waals surface area contributed by atoms with Gasteiger partial charge in [0.2, 0.25) is 0 Å². The Hall–Kier alpha value is -0.200. The zero-order valence-corrected chi connectivity index (χ0v) is 17.0. The van der Waals surface area contributed by atoms with Crippen molar-refractivity contribution < 1.29 is 23.8 Å². The lowest BCUT2D eigenvalue weighted by atomic mass is 9.62. The number of piperidine rings is 2. The summed E-state index contributed by atoms with van der Waals surface area (Å²) < 4.78 is 23.3. The molecule has 0 spiro atoms. The maximum atomic E-state index is 5.94. The van der Waals surface area contributed by atoms with E-state index in [9.17, 15) is 0 Å². The minimum Gasteiger partial charge on any atom is -0.379 e. The van der Waals surface area contributed by atoms with Gasteiger partial charge in [0.05, 0.1) is 43.5 Å². The Balaban J connectivity index is 1.49. The van der Waals surface area contributed by atoms with Gasteiger partial charge in [-0.1, -0.05) is 0 Å². The molecule has 4 aliphatic rings. The van der Waals surface area contributed by atoms with Crippen LogP contribution in [-0.4, -0.2) is 72.0 Å². The molecule has 0 aromatic rings. The minimum atomic E-state index is 0.272. The first kappa shape index (κ1) is 19.1. The average Bonchev–Trinajstić information content (AvgIpc) is 2.70. The first-order valence-electron chi connectivity index (χ1n) is 10.7. The maximum Gasteiger partial charge on any atom is 0.0917 e. The molecular formula is C21H38NO4+. The van der Waals surface area contributed by atoms with Gasteiger partial charge in [-0.15, -0.1) is 0 Å². The summed E-state index contributed by atoms with van der Waals surface area (Å²) in [6.07, 6.45) is 8.65. The highest BCUT2D eigenvalue weighted by Crippen LogP contribution is 2.44. The van der Waals surface area contributed by atoms with Gasteiger partial charge in [-0.2, -0.15) is 0 Å². The largest absolute Gasteiger partial charge is 0.379 e. The second-order valence-electron chi connectivity index (χ2n) is 9.16. The van der Waals surface area contributed by atoms with Crippen LogP contribution in [0, 0.1) is 23.7 Å². The van der Waals surface area contributed by atoms with Gasteiger partial charge in [0.25, 0.3) is 0 Å². The van der Waals surface area contributed by atoms with E-state index < -0.39 is 0 Å². The Morgan fingerprint density at radius 3 is 2.04 bits per heavy atom. The molecular weight excluding hydrogens is 330 g/mol. The van der Waals surface area contributed by atoms with Gasteiger partial charge < -0.3 is 23.8 Å². The van der Waals surface area contributed by atoms with Crippen molar-refractivity contribution in [1.29, 1.82) is 0 Å². The van der Waals surface area contributed by atoms with Crippen molar-refractivity contribution in [2.75, 3.05) is 41.5 Å². The van der Waals surface area contributed by atoms with Crippen LogP contribution in [-0.2, 0) is 18.9 Å². The molecule has 0 radical (unpaired) electrons. The van der Waals surface area contributed by atoms with E-state index in [1.807, 2.05) is 33.3 Å². The second kappa shape index (κ2) is 8.04. The fraction of sp³-hybridized carbons (Fsp3) is 1.00. The highest BCUT2D eigenvalue weighted by Gasteiger charge is 2.54. The molecule has 0 bridgehead atoms. The lowest BCUT2D eigenvalue weighted by Gasteiger charge is -2.55. The summed E-state index contributed by atoms with van der Waals surface area (Å²) in [5, 5.41) is 0. The van der Waals surface area contributed by atoms with Crippen LogP contribution >= 0.6 is 0 Å². The summed E-state index contributed by atoms with van der Waals surface area (Å²) in [6.45, 7) is 2.58. The molecule has 5 nitrogen and oxygen atoms in total. The molecule has 10 atom stereocenters. The van der Waals surface area contributed by atoms with E-state index in [1.165, 1.54) is 45.2 Å². The van der Waals surface area contributed by atoms with E-state index in [0.717, 1.165) is 30.2 Å². The summed E-state index contributed by atoms with van der Waals surface area (Å²) in [6, 6.07) is 0.807. The van der Waals surface area contributed by atoms with Gasteiger partial charge >= 0.3 is 0 Å². The predicted molar refractivity (Wildman–Crippen MR) is 99.3 cm³/mol. The lowest BCUT2D eigenvalue weighted by molar-refractivity contribution is -0.948. The van der Waals surface area contributed by atoms with Gasteiger partial charge in [0.1, 0.15) is 0 Å². The van der Waals surface area contributed by atoms with E-state index in [-0.39, 0.29) is 24.4 Å². The second-order valence-corrected chi connectivity index (χ2v) is 9.16. The maximum absolute atomic E-state index is 5.94. The number of hydrogen-bond donors (Lipinski definition) is 1. The zero-order chi connectivity index (χ0) is 18.3. The van der Waals surface area contributed by atoms with Crippen LogP contribution in [0.1, 0.15) is 38.5 Å². The minimum absolute atomic E-state index is 0.272. The molecule has 0 amide bonds. The van der Waals surface area contributed by atoms with Gasteiger partial charge in [-0.25, -0.2) is 0 Å². The van der Waals surface area contributed by atoms with Crippen molar-refractivity contribution in [3.05, 3.63) is 0 Å². The van der Waals surface area contributed by atoms with Crippen LogP contribution in [0.2, 0.25) is 0 Å². The topological polar surface area (TPSA) is 41.4 Å². The van der Waals surface area contributed by atoms with Gasteiger partial charge in [-0.3, -0.25) is 0 Å². The molecule has 2 saturated heterocycles. The highest BCUT2D eigenvalue weighted by molar-refractivity contribution is 4.98. The quantitative estimate of drug-likeness (QED) is 0.809. The first-order valence-corrected chi connectivity index (χ1v) is 10.7. The third-order valence-corrected chi connectivity index (χ3v) is 8.39. The van der Waals surface area contributed by atoms with Gasteiger partial charge in [0.15, 0.2) is 0 Å². The normalized spacial score (nSPS) is 51.2. The van der Waals surface area contributed by atoms with Crippen LogP contribution in [0.25, 0.3) is 0 Å². The predicted octanol–water partition coefficient (Wildman–Crippen LogP) is 1.16. The Labute approximate surface area is 158 Å². The summed E-state index contributed by atoms with van der Waals surface area (Å²) >= 11 is 0. The summed E-state index contributed by atoms with van der Waals surface area (Å²) in [4.78, 5) is 1.83. The van der Waals surface area contributed by atoms with Gasteiger partial charge in [0, 0.05) is 46.7 Å². The number of methoxy groups -OCH3 is 4. The molecule has 2 heterocycles. The van der Waals surface area contributed by atoms with Gasteiger partial charge in [-0.05, 0) is 43.9 Å². The summed E-state index contributed by atoms with van der Waals surface area (Å²) in [5.74, 6) is 3.09. The van der Waals surface area contributed by atoms with E-state index in [0.29, 0.717) is 5.92 Å². The Morgan fingerprint density at radius 2 is 1.35 bits per heavy atom.